The maximum Gasteiger partial charge on any atom is 0.103 e. The predicted molar refractivity (Wildman–Crippen MR) is 92.5 cm³/mol. The first kappa shape index (κ1) is 17.1. The van der Waals surface area contributed by atoms with Gasteiger partial charge in [0.05, 0.1) is 6.54 Å². The van der Waals surface area contributed by atoms with Crippen LogP contribution in [-0.2, 0) is 5.60 Å². The number of hydrogen-bond donors (Lipinski definition) is 1. The van der Waals surface area contributed by atoms with Gasteiger partial charge in [0.15, 0.2) is 0 Å². The fraction of sp³-hybridized carbons (Fsp3) is 0.600. The van der Waals surface area contributed by atoms with Gasteiger partial charge < -0.3 is 5.11 Å². The van der Waals surface area contributed by atoms with E-state index in [0.29, 0.717) is 12.3 Å². The number of nitrogens with zero attached hydrogens (tertiary/aromatic N) is 1. The summed E-state index contributed by atoms with van der Waals surface area (Å²) in [6, 6.07) is 10.1. The first-order valence-corrected chi connectivity index (χ1v) is 8.66. The Labute approximate surface area is 135 Å². The standard InChI is InChI=1S/C20H29NO/c1-3-21(4-2)17-11-10-16-20(22,19-14-8-9-15-19)18-12-6-5-7-13-18/h5-7,12-13,19,22H,3-4,8-9,14-17H2,1-2H3/t20-/m1/s1. The molecular weight excluding hydrogens is 270 g/mol. The Bertz CT molecular complexity index is 491. The lowest BCUT2D eigenvalue weighted by atomic mass is 9.78. The van der Waals surface area contributed by atoms with E-state index in [2.05, 4.69) is 30.6 Å². The van der Waals surface area contributed by atoms with Crippen molar-refractivity contribution in [1.29, 1.82) is 0 Å². The maximum atomic E-state index is 11.3. The molecule has 1 N–H and O–H groups in total. The van der Waals surface area contributed by atoms with Crippen LogP contribution < -0.4 is 0 Å². The second-order valence-corrected chi connectivity index (χ2v) is 6.26. The Morgan fingerprint density at radius 1 is 1.09 bits per heavy atom. The van der Waals surface area contributed by atoms with E-state index < -0.39 is 5.60 Å². The van der Waals surface area contributed by atoms with Crippen LogP contribution in [0.1, 0.15) is 51.5 Å². The summed E-state index contributed by atoms with van der Waals surface area (Å²) in [6.45, 7) is 7.16. The molecule has 0 aromatic heterocycles. The maximum absolute atomic E-state index is 11.3. The Hall–Kier alpha value is -1.30. The third-order valence-corrected chi connectivity index (χ3v) is 4.98. The molecule has 1 atom stereocenters. The van der Waals surface area contributed by atoms with Crippen LogP contribution in [0.3, 0.4) is 0 Å². The molecule has 1 aromatic rings. The van der Waals surface area contributed by atoms with Crippen molar-refractivity contribution in [2.45, 2.75) is 51.6 Å². The van der Waals surface area contributed by atoms with E-state index in [-0.39, 0.29) is 0 Å². The lowest BCUT2D eigenvalue weighted by molar-refractivity contribution is -0.0173. The van der Waals surface area contributed by atoms with Gasteiger partial charge in [-0.15, -0.1) is 0 Å². The average molecular weight is 299 g/mol. The Morgan fingerprint density at radius 2 is 1.73 bits per heavy atom. The third-order valence-electron chi connectivity index (χ3n) is 4.98. The SMILES string of the molecule is CCN(CC)CC#CC[C@@](O)(c1ccccc1)C1CCCC1. The molecule has 0 aliphatic heterocycles. The average Bonchev–Trinajstić information content (AvgIpc) is 3.11. The highest BCUT2D eigenvalue weighted by molar-refractivity contribution is 5.26. The van der Waals surface area contributed by atoms with Crippen LogP contribution in [-0.4, -0.2) is 29.6 Å². The predicted octanol–water partition coefficient (Wildman–Crippen LogP) is 3.80. The minimum absolute atomic E-state index is 0.345. The molecule has 0 bridgehead atoms. The lowest BCUT2D eigenvalue weighted by Gasteiger charge is -2.33. The monoisotopic (exact) mass is 299 g/mol. The third kappa shape index (κ3) is 4.12. The molecule has 120 valence electrons. The number of aliphatic hydroxyl groups is 1. The molecular formula is C20H29NO. The summed E-state index contributed by atoms with van der Waals surface area (Å²) in [6.07, 6.45) is 5.23. The van der Waals surface area contributed by atoms with E-state index in [1.165, 1.54) is 12.8 Å². The van der Waals surface area contributed by atoms with Crippen LogP contribution >= 0.6 is 0 Å². The van der Waals surface area contributed by atoms with Gasteiger partial charge in [-0.1, -0.05) is 68.9 Å². The zero-order valence-corrected chi connectivity index (χ0v) is 14.0. The van der Waals surface area contributed by atoms with Gasteiger partial charge in [-0.05, 0) is 37.4 Å². The van der Waals surface area contributed by atoms with Crippen molar-refractivity contribution in [1.82, 2.24) is 4.90 Å². The first-order valence-electron chi connectivity index (χ1n) is 8.66. The largest absolute Gasteiger partial charge is 0.384 e. The molecule has 0 saturated heterocycles. The minimum Gasteiger partial charge on any atom is -0.384 e. The quantitative estimate of drug-likeness (QED) is 0.808. The normalized spacial score (nSPS) is 18.0. The molecule has 0 heterocycles. The van der Waals surface area contributed by atoms with E-state index in [4.69, 9.17) is 0 Å². The molecule has 2 heteroatoms. The second-order valence-electron chi connectivity index (χ2n) is 6.26. The molecule has 1 fully saturated rings. The Kier molecular flexibility index (Phi) is 6.49. The summed E-state index contributed by atoms with van der Waals surface area (Å²) in [4.78, 5) is 2.30. The van der Waals surface area contributed by atoms with Crippen LogP contribution in [0.2, 0.25) is 0 Å². The number of hydrogen-bond acceptors (Lipinski definition) is 2. The van der Waals surface area contributed by atoms with E-state index in [0.717, 1.165) is 38.0 Å². The van der Waals surface area contributed by atoms with Crippen LogP contribution in [0.4, 0.5) is 0 Å². The van der Waals surface area contributed by atoms with Gasteiger partial charge in [0.2, 0.25) is 0 Å². The smallest absolute Gasteiger partial charge is 0.103 e. The van der Waals surface area contributed by atoms with Gasteiger partial charge >= 0.3 is 0 Å². The molecule has 1 saturated carbocycles. The fourth-order valence-electron chi connectivity index (χ4n) is 3.42. The lowest BCUT2D eigenvalue weighted by Crippen LogP contribution is -2.33. The molecule has 0 unspecified atom stereocenters. The van der Waals surface area contributed by atoms with E-state index in [9.17, 15) is 5.11 Å². The summed E-state index contributed by atoms with van der Waals surface area (Å²) in [5, 5.41) is 11.3. The first-order chi connectivity index (χ1) is 10.7. The minimum atomic E-state index is -0.784. The van der Waals surface area contributed by atoms with Gasteiger partial charge in [0.25, 0.3) is 0 Å². The molecule has 2 rings (SSSR count). The summed E-state index contributed by atoms with van der Waals surface area (Å²) in [7, 11) is 0. The molecule has 0 spiro atoms. The van der Waals surface area contributed by atoms with E-state index >= 15 is 0 Å². The second kappa shape index (κ2) is 8.36. The molecule has 2 nitrogen and oxygen atoms in total. The summed E-state index contributed by atoms with van der Waals surface area (Å²) >= 11 is 0. The van der Waals surface area contributed by atoms with Gasteiger partial charge in [-0.25, -0.2) is 0 Å². The molecule has 0 amide bonds. The zero-order valence-electron chi connectivity index (χ0n) is 14.0. The summed E-state index contributed by atoms with van der Waals surface area (Å²) in [5.74, 6) is 6.86. The number of benzene rings is 1. The molecule has 0 radical (unpaired) electrons. The van der Waals surface area contributed by atoms with Gasteiger partial charge in [-0.2, -0.15) is 0 Å². The van der Waals surface area contributed by atoms with Crippen molar-refractivity contribution in [3.8, 4) is 11.8 Å². The van der Waals surface area contributed by atoms with Crippen molar-refractivity contribution in [3.63, 3.8) is 0 Å². The van der Waals surface area contributed by atoms with Gasteiger partial charge in [-0.3, -0.25) is 4.90 Å². The van der Waals surface area contributed by atoms with Crippen LogP contribution in [0, 0.1) is 17.8 Å². The van der Waals surface area contributed by atoms with Crippen molar-refractivity contribution in [2.24, 2.45) is 5.92 Å². The van der Waals surface area contributed by atoms with Gasteiger partial charge in [0.1, 0.15) is 5.60 Å². The number of rotatable bonds is 6. The van der Waals surface area contributed by atoms with Gasteiger partial charge in [0, 0.05) is 6.42 Å². The Morgan fingerprint density at radius 3 is 2.32 bits per heavy atom. The molecule has 1 aliphatic carbocycles. The molecule has 1 aliphatic rings. The van der Waals surface area contributed by atoms with Crippen molar-refractivity contribution < 1.29 is 5.11 Å². The topological polar surface area (TPSA) is 23.5 Å². The Balaban J connectivity index is 2.11. The highest BCUT2D eigenvalue weighted by Crippen LogP contribution is 2.42. The zero-order chi connectivity index (χ0) is 15.8. The highest BCUT2D eigenvalue weighted by atomic mass is 16.3. The van der Waals surface area contributed by atoms with Crippen LogP contribution in [0.15, 0.2) is 30.3 Å². The van der Waals surface area contributed by atoms with Crippen LogP contribution in [0.25, 0.3) is 0 Å². The highest BCUT2D eigenvalue weighted by Gasteiger charge is 2.39. The fourth-order valence-corrected chi connectivity index (χ4v) is 3.42. The molecule has 22 heavy (non-hydrogen) atoms. The summed E-state index contributed by atoms with van der Waals surface area (Å²) < 4.78 is 0. The van der Waals surface area contributed by atoms with Crippen LogP contribution in [0.5, 0.6) is 0 Å². The van der Waals surface area contributed by atoms with Crippen molar-refractivity contribution in [2.75, 3.05) is 19.6 Å². The van der Waals surface area contributed by atoms with Crippen molar-refractivity contribution in [3.05, 3.63) is 35.9 Å². The summed E-state index contributed by atoms with van der Waals surface area (Å²) in [5.41, 5.74) is 0.243. The van der Waals surface area contributed by atoms with E-state index in [1.807, 2.05) is 30.3 Å². The van der Waals surface area contributed by atoms with E-state index in [1.54, 1.807) is 0 Å². The van der Waals surface area contributed by atoms with Crippen molar-refractivity contribution >= 4 is 0 Å². The molecule has 1 aromatic carbocycles.